The zero-order valence-electron chi connectivity index (χ0n) is 10.2. The van der Waals surface area contributed by atoms with Gasteiger partial charge in [0.25, 0.3) is 0 Å². The van der Waals surface area contributed by atoms with Crippen LogP contribution in [0.5, 0.6) is 0 Å². The van der Waals surface area contributed by atoms with Gasteiger partial charge >= 0.3 is 0 Å². The average molecular weight is 219 g/mol. The maximum Gasteiger partial charge on any atom is 0.0721 e. The lowest BCUT2D eigenvalue weighted by molar-refractivity contribution is 0.0819. The minimum Gasteiger partial charge on any atom is -0.375 e. The Balaban J connectivity index is 1.96. The summed E-state index contributed by atoms with van der Waals surface area (Å²) in [4.78, 5) is 0. The van der Waals surface area contributed by atoms with E-state index in [1.807, 2.05) is 0 Å². The molecule has 1 unspecified atom stereocenters. The molecule has 16 heavy (non-hydrogen) atoms. The highest BCUT2D eigenvalue weighted by atomic mass is 16.5. The summed E-state index contributed by atoms with van der Waals surface area (Å²) >= 11 is 0. The van der Waals surface area contributed by atoms with Gasteiger partial charge in [0.1, 0.15) is 0 Å². The summed E-state index contributed by atoms with van der Waals surface area (Å²) in [6.07, 6.45) is 1.22. The highest BCUT2D eigenvalue weighted by Crippen LogP contribution is 2.24. The van der Waals surface area contributed by atoms with Crippen molar-refractivity contribution >= 4 is 0 Å². The molecule has 0 fully saturated rings. The number of fused-ring (bicyclic) bond motifs is 1. The topological polar surface area (TPSA) is 21.3 Å². The van der Waals surface area contributed by atoms with Crippen LogP contribution in [0.1, 0.15) is 37.4 Å². The molecular weight excluding hydrogens is 198 g/mol. The lowest BCUT2D eigenvalue weighted by Gasteiger charge is -2.26. The van der Waals surface area contributed by atoms with Crippen LogP contribution >= 0.6 is 0 Å². The second-order valence-corrected chi connectivity index (χ2v) is 4.90. The molecule has 2 heteroatoms. The first-order valence-electron chi connectivity index (χ1n) is 6.16. The van der Waals surface area contributed by atoms with Crippen LogP contribution in [0.25, 0.3) is 0 Å². The van der Waals surface area contributed by atoms with E-state index in [0.29, 0.717) is 6.04 Å². The van der Waals surface area contributed by atoms with Crippen molar-refractivity contribution in [2.24, 2.45) is 5.92 Å². The maximum atomic E-state index is 5.60. The Morgan fingerprint density at radius 2 is 2.19 bits per heavy atom. The van der Waals surface area contributed by atoms with Gasteiger partial charge in [-0.1, -0.05) is 38.1 Å². The van der Waals surface area contributed by atoms with Gasteiger partial charge in [-0.3, -0.25) is 0 Å². The monoisotopic (exact) mass is 219 g/mol. The summed E-state index contributed by atoms with van der Waals surface area (Å²) < 4.78 is 5.60. The van der Waals surface area contributed by atoms with Gasteiger partial charge in [0, 0.05) is 0 Å². The number of hydrogen-bond donors (Lipinski definition) is 1. The Morgan fingerprint density at radius 1 is 1.38 bits per heavy atom. The van der Waals surface area contributed by atoms with Crippen molar-refractivity contribution < 1.29 is 4.74 Å². The van der Waals surface area contributed by atoms with Crippen molar-refractivity contribution in [3.8, 4) is 0 Å². The van der Waals surface area contributed by atoms with Crippen molar-refractivity contribution in [1.29, 1.82) is 0 Å². The van der Waals surface area contributed by atoms with Crippen LogP contribution in [0.3, 0.4) is 0 Å². The third kappa shape index (κ3) is 2.83. The molecule has 88 valence electrons. The van der Waals surface area contributed by atoms with Gasteiger partial charge < -0.3 is 10.1 Å². The van der Waals surface area contributed by atoms with E-state index in [2.05, 4.69) is 43.4 Å². The standard InChI is InChI=1S/C14H21NO/c1-11(2)7-8-15-14-10-16-9-12-5-3-4-6-13(12)14/h3-6,11,14-15H,7-10H2,1-2H3. The number of hydrogen-bond acceptors (Lipinski definition) is 2. The van der Waals surface area contributed by atoms with Crippen LogP contribution in [0, 0.1) is 5.92 Å². The highest BCUT2D eigenvalue weighted by Gasteiger charge is 2.19. The molecule has 0 bridgehead atoms. The van der Waals surface area contributed by atoms with Crippen LogP contribution in [-0.4, -0.2) is 13.2 Å². The van der Waals surface area contributed by atoms with Gasteiger partial charge in [-0.05, 0) is 30.0 Å². The van der Waals surface area contributed by atoms with Gasteiger partial charge in [-0.2, -0.15) is 0 Å². The number of ether oxygens (including phenoxy) is 1. The third-order valence-corrected chi connectivity index (χ3v) is 3.09. The Labute approximate surface area is 98.0 Å². The minimum absolute atomic E-state index is 0.378. The van der Waals surface area contributed by atoms with Crippen LogP contribution < -0.4 is 5.32 Å². The van der Waals surface area contributed by atoms with E-state index in [9.17, 15) is 0 Å². The molecule has 0 aromatic heterocycles. The molecule has 1 heterocycles. The van der Waals surface area contributed by atoms with Crippen molar-refractivity contribution in [3.63, 3.8) is 0 Å². The Morgan fingerprint density at radius 3 is 3.00 bits per heavy atom. The highest BCUT2D eigenvalue weighted by molar-refractivity contribution is 5.30. The normalized spacial score (nSPS) is 19.8. The SMILES string of the molecule is CC(C)CCNC1COCc2ccccc21. The number of nitrogens with one attached hydrogen (secondary N) is 1. The summed E-state index contributed by atoms with van der Waals surface area (Å²) in [5.74, 6) is 0.757. The van der Waals surface area contributed by atoms with E-state index < -0.39 is 0 Å². The van der Waals surface area contributed by atoms with E-state index in [-0.39, 0.29) is 0 Å². The van der Waals surface area contributed by atoms with E-state index >= 15 is 0 Å². The van der Waals surface area contributed by atoms with Gasteiger partial charge in [0.2, 0.25) is 0 Å². The molecule has 1 aliphatic rings. The molecule has 2 rings (SSSR count). The summed E-state index contributed by atoms with van der Waals surface area (Å²) in [6, 6.07) is 8.94. The first-order valence-corrected chi connectivity index (χ1v) is 6.16. The molecule has 1 aliphatic heterocycles. The first kappa shape index (κ1) is 11.6. The predicted octanol–water partition coefficient (Wildman–Crippen LogP) is 2.89. The van der Waals surface area contributed by atoms with E-state index in [4.69, 9.17) is 4.74 Å². The van der Waals surface area contributed by atoms with Crippen LogP contribution in [-0.2, 0) is 11.3 Å². The zero-order chi connectivity index (χ0) is 11.4. The van der Waals surface area contributed by atoms with Gasteiger partial charge in [-0.15, -0.1) is 0 Å². The van der Waals surface area contributed by atoms with Crippen LogP contribution in [0.4, 0.5) is 0 Å². The van der Waals surface area contributed by atoms with Crippen molar-refractivity contribution in [2.45, 2.75) is 32.9 Å². The number of rotatable bonds is 4. The second kappa shape index (κ2) is 5.46. The molecule has 0 saturated heterocycles. The molecule has 1 aromatic carbocycles. The van der Waals surface area contributed by atoms with Gasteiger partial charge in [0.15, 0.2) is 0 Å². The molecule has 0 radical (unpaired) electrons. The van der Waals surface area contributed by atoms with Crippen LogP contribution in [0.15, 0.2) is 24.3 Å². The fourth-order valence-corrected chi connectivity index (χ4v) is 2.10. The zero-order valence-corrected chi connectivity index (χ0v) is 10.2. The maximum absolute atomic E-state index is 5.60. The smallest absolute Gasteiger partial charge is 0.0721 e. The van der Waals surface area contributed by atoms with E-state index in [1.54, 1.807) is 0 Å². The number of benzene rings is 1. The predicted molar refractivity (Wildman–Crippen MR) is 66.3 cm³/mol. The Hall–Kier alpha value is -0.860. The molecule has 1 N–H and O–H groups in total. The molecule has 0 amide bonds. The Bertz CT molecular complexity index is 335. The fraction of sp³-hybridized carbons (Fsp3) is 0.571. The molecule has 1 atom stereocenters. The Kier molecular flexibility index (Phi) is 3.97. The molecule has 1 aromatic rings. The first-order chi connectivity index (χ1) is 7.77. The summed E-state index contributed by atoms with van der Waals surface area (Å²) in [6.45, 7) is 7.15. The lowest BCUT2D eigenvalue weighted by Crippen LogP contribution is -2.30. The summed E-state index contributed by atoms with van der Waals surface area (Å²) in [7, 11) is 0. The molecule has 2 nitrogen and oxygen atoms in total. The molecule has 0 aliphatic carbocycles. The largest absolute Gasteiger partial charge is 0.375 e. The van der Waals surface area contributed by atoms with Gasteiger partial charge in [0.05, 0.1) is 19.3 Å². The van der Waals surface area contributed by atoms with Gasteiger partial charge in [-0.25, -0.2) is 0 Å². The summed E-state index contributed by atoms with van der Waals surface area (Å²) in [5, 5.41) is 3.58. The van der Waals surface area contributed by atoms with Crippen molar-refractivity contribution in [3.05, 3.63) is 35.4 Å². The van der Waals surface area contributed by atoms with Crippen LogP contribution in [0.2, 0.25) is 0 Å². The molecular formula is C14H21NO. The van der Waals surface area contributed by atoms with E-state index in [1.165, 1.54) is 17.5 Å². The molecule has 0 spiro atoms. The third-order valence-electron chi connectivity index (χ3n) is 3.09. The quantitative estimate of drug-likeness (QED) is 0.840. The van der Waals surface area contributed by atoms with Crippen molar-refractivity contribution in [2.75, 3.05) is 13.2 Å². The summed E-state index contributed by atoms with van der Waals surface area (Å²) in [5.41, 5.74) is 2.74. The lowest BCUT2D eigenvalue weighted by atomic mass is 9.99. The molecule has 0 saturated carbocycles. The van der Waals surface area contributed by atoms with Crippen molar-refractivity contribution in [1.82, 2.24) is 5.32 Å². The fourth-order valence-electron chi connectivity index (χ4n) is 2.10. The van der Waals surface area contributed by atoms with E-state index in [0.717, 1.165) is 25.7 Å². The average Bonchev–Trinajstić information content (AvgIpc) is 2.29. The minimum atomic E-state index is 0.378. The second-order valence-electron chi connectivity index (χ2n) is 4.90.